The lowest BCUT2D eigenvalue weighted by Gasteiger charge is -2.19. The van der Waals surface area contributed by atoms with E-state index < -0.39 is 0 Å². The summed E-state index contributed by atoms with van der Waals surface area (Å²) >= 11 is 0. The summed E-state index contributed by atoms with van der Waals surface area (Å²) < 4.78 is 2.27. The first-order valence-corrected chi connectivity index (χ1v) is 5.61. The van der Waals surface area contributed by atoms with Crippen molar-refractivity contribution in [2.45, 2.75) is 52.4 Å². The van der Waals surface area contributed by atoms with Crippen LogP contribution in [0.3, 0.4) is 0 Å². The summed E-state index contributed by atoms with van der Waals surface area (Å²) in [6, 6.07) is 2.36. The Morgan fingerprint density at radius 2 is 1.93 bits per heavy atom. The lowest BCUT2D eigenvalue weighted by molar-refractivity contribution is 0.543. The van der Waals surface area contributed by atoms with Crippen LogP contribution in [0, 0.1) is 0 Å². The molecule has 0 aliphatic rings. The molecule has 0 saturated heterocycles. The van der Waals surface area contributed by atoms with Crippen LogP contribution in [0.1, 0.15) is 51.8 Å². The van der Waals surface area contributed by atoms with E-state index in [1.807, 2.05) is 0 Å². The third-order valence-electron chi connectivity index (χ3n) is 2.65. The van der Waals surface area contributed by atoms with Crippen molar-refractivity contribution < 1.29 is 0 Å². The Bertz CT molecular complexity index is 289. The van der Waals surface area contributed by atoms with Crippen LogP contribution in [0.4, 0.5) is 0 Å². The van der Waals surface area contributed by atoms with Crippen LogP contribution >= 0.6 is 0 Å². The molecule has 1 nitrogen and oxygen atoms in total. The monoisotopic (exact) mass is 193 g/mol. The lowest BCUT2D eigenvalue weighted by Crippen LogP contribution is -2.15. The summed E-state index contributed by atoms with van der Waals surface area (Å²) in [5, 5.41) is 0. The number of rotatable bonds is 3. The predicted octanol–water partition coefficient (Wildman–Crippen LogP) is 3.67. The summed E-state index contributed by atoms with van der Waals surface area (Å²) in [7, 11) is 2.15. The van der Waals surface area contributed by atoms with Crippen molar-refractivity contribution in [3.05, 3.63) is 23.5 Å². The van der Waals surface area contributed by atoms with Gasteiger partial charge in [-0.3, -0.25) is 0 Å². The highest BCUT2D eigenvalue weighted by molar-refractivity contribution is 5.24. The fraction of sp³-hybridized carbons (Fsp3) is 0.692. The predicted molar refractivity (Wildman–Crippen MR) is 62.7 cm³/mol. The van der Waals surface area contributed by atoms with Gasteiger partial charge in [0.25, 0.3) is 0 Å². The lowest BCUT2D eigenvalue weighted by atomic mass is 9.91. The van der Waals surface area contributed by atoms with E-state index in [2.05, 4.69) is 51.6 Å². The second-order valence-corrected chi connectivity index (χ2v) is 5.20. The molecule has 0 saturated carbocycles. The Labute approximate surface area is 88.1 Å². The zero-order valence-corrected chi connectivity index (χ0v) is 10.2. The minimum Gasteiger partial charge on any atom is -0.354 e. The molecule has 0 N–H and O–H groups in total. The van der Waals surface area contributed by atoms with Crippen molar-refractivity contribution in [2.75, 3.05) is 0 Å². The standard InChI is InChI=1S/C13H23N/c1-6-7-8-11-9-12(13(2,3)4)14(5)10-11/h9-10H,6-8H2,1-5H3. The third-order valence-corrected chi connectivity index (χ3v) is 2.65. The van der Waals surface area contributed by atoms with Gasteiger partial charge < -0.3 is 4.57 Å². The number of aryl methyl sites for hydroxylation is 2. The molecule has 14 heavy (non-hydrogen) atoms. The number of nitrogens with zero attached hydrogens (tertiary/aromatic N) is 1. The van der Waals surface area contributed by atoms with Crippen molar-refractivity contribution in [2.24, 2.45) is 7.05 Å². The fourth-order valence-electron chi connectivity index (χ4n) is 1.90. The van der Waals surface area contributed by atoms with E-state index in [1.54, 1.807) is 0 Å². The van der Waals surface area contributed by atoms with Gasteiger partial charge in [0.15, 0.2) is 0 Å². The van der Waals surface area contributed by atoms with Crippen molar-refractivity contribution in [3.63, 3.8) is 0 Å². The Kier molecular flexibility index (Phi) is 3.41. The smallest absolute Gasteiger partial charge is 0.0228 e. The summed E-state index contributed by atoms with van der Waals surface area (Å²) in [4.78, 5) is 0. The number of hydrogen-bond acceptors (Lipinski definition) is 0. The molecule has 1 aromatic heterocycles. The fourth-order valence-corrected chi connectivity index (χ4v) is 1.90. The molecule has 0 aliphatic heterocycles. The number of aromatic nitrogens is 1. The van der Waals surface area contributed by atoms with Crippen LogP contribution in [-0.4, -0.2) is 4.57 Å². The van der Waals surface area contributed by atoms with E-state index in [-0.39, 0.29) is 5.41 Å². The average molecular weight is 193 g/mol. The van der Waals surface area contributed by atoms with Crippen LogP contribution in [0.5, 0.6) is 0 Å². The summed E-state index contributed by atoms with van der Waals surface area (Å²) in [5.74, 6) is 0. The van der Waals surface area contributed by atoms with Gasteiger partial charge in [-0.25, -0.2) is 0 Å². The zero-order chi connectivity index (χ0) is 10.8. The normalized spacial score (nSPS) is 12.1. The maximum atomic E-state index is 2.36. The molecule has 0 atom stereocenters. The van der Waals surface area contributed by atoms with Crippen LogP contribution < -0.4 is 0 Å². The summed E-state index contributed by atoms with van der Waals surface area (Å²) in [6.07, 6.45) is 6.07. The van der Waals surface area contributed by atoms with E-state index in [9.17, 15) is 0 Å². The SMILES string of the molecule is CCCCc1cc(C(C)(C)C)n(C)c1. The first-order valence-electron chi connectivity index (χ1n) is 5.61. The van der Waals surface area contributed by atoms with Crippen molar-refractivity contribution >= 4 is 0 Å². The van der Waals surface area contributed by atoms with Gasteiger partial charge in [0.1, 0.15) is 0 Å². The van der Waals surface area contributed by atoms with Gasteiger partial charge in [-0.1, -0.05) is 34.1 Å². The Morgan fingerprint density at radius 1 is 1.29 bits per heavy atom. The third kappa shape index (κ3) is 2.63. The van der Waals surface area contributed by atoms with Crippen LogP contribution in [0.15, 0.2) is 12.3 Å². The highest BCUT2D eigenvalue weighted by atomic mass is 14.9. The van der Waals surface area contributed by atoms with Gasteiger partial charge in [-0.2, -0.15) is 0 Å². The van der Waals surface area contributed by atoms with Gasteiger partial charge >= 0.3 is 0 Å². The van der Waals surface area contributed by atoms with Crippen molar-refractivity contribution in [1.29, 1.82) is 0 Å². The maximum Gasteiger partial charge on any atom is 0.0228 e. The molecule has 0 unspecified atom stereocenters. The number of hydrogen-bond donors (Lipinski definition) is 0. The first-order chi connectivity index (χ1) is 6.45. The van der Waals surface area contributed by atoms with Crippen LogP contribution in [0.25, 0.3) is 0 Å². The van der Waals surface area contributed by atoms with E-state index in [0.717, 1.165) is 0 Å². The molecule has 1 rings (SSSR count). The molecular weight excluding hydrogens is 170 g/mol. The first kappa shape index (κ1) is 11.4. The van der Waals surface area contributed by atoms with E-state index >= 15 is 0 Å². The quantitative estimate of drug-likeness (QED) is 0.690. The molecule has 0 bridgehead atoms. The van der Waals surface area contributed by atoms with E-state index in [4.69, 9.17) is 0 Å². The molecule has 0 amide bonds. The largest absolute Gasteiger partial charge is 0.354 e. The molecule has 0 fully saturated rings. The topological polar surface area (TPSA) is 4.93 Å². The molecule has 1 aromatic rings. The molecule has 0 spiro atoms. The molecule has 0 aromatic carbocycles. The second-order valence-electron chi connectivity index (χ2n) is 5.20. The highest BCUT2D eigenvalue weighted by Crippen LogP contribution is 2.24. The van der Waals surface area contributed by atoms with Crippen molar-refractivity contribution in [1.82, 2.24) is 4.57 Å². The van der Waals surface area contributed by atoms with Crippen molar-refractivity contribution in [3.8, 4) is 0 Å². The Balaban J connectivity index is 2.83. The van der Waals surface area contributed by atoms with E-state index in [1.165, 1.54) is 30.5 Å². The van der Waals surface area contributed by atoms with Crippen LogP contribution in [0.2, 0.25) is 0 Å². The molecule has 1 heterocycles. The minimum atomic E-state index is 0.263. The second kappa shape index (κ2) is 4.20. The molecular formula is C13H23N. The summed E-state index contributed by atoms with van der Waals surface area (Å²) in [5.41, 5.74) is 3.18. The maximum absolute atomic E-state index is 2.36. The van der Waals surface area contributed by atoms with Crippen LogP contribution in [-0.2, 0) is 18.9 Å². The minimum absolute atomic E-state index is 0.263. The molecule has 1 heteroatoms. The zero-order valence-electron chi connectivity index (χ0n) is 10.2. The molecule has 0 radical (unpaired) electrons. The van der Waals surface area contributed by atoms with Gasteiger partial charge in [0.2, 0.25) is 0 Å². The van der Waals surface area contributed by atoms with Gasteiger partial charge in [0, 0.05) is 24.4 Å². The van der Waals surface area contributed by atoms with Gasteiger partial charge in [0.05, 0.1) is 0 Å². The Morgan fingerprint density at radius 3 is 2.36 bits per heavy atom. The van der Waals surface area contributed by atoms with E-state index in [0.29, 0.717) is 0 Å². The highest BCUT2D eigenvalue weighted by Gasteiger charge is 2.17. The van der Waals surface area contributed by atoms with Gasteiger partial charge in [-0.15, -0.1) is 0 Å². The van der Waals surface area contributed by atoms with Gasteiger partial charge in [-0.05, 0) is 24.5 Å². The summed E-state index contributed by atoms with van der Waals surface area (Å²) in [6.45, 7) is 9.05. The molecule has 80 valence electrons. The average Bonchev–Trinajstić information content (AvgIpc) is 2.42. The Hall–Kier alpha value is -0.720. The number of unbranched alkanes of at least 4 members (excludes halogenated alkanes) is 1. The molecule has 0 aliphatic carbocycles.